The lowest BCUT2D eigenvalue weighted by Crippen LogP contribution is -2.07. The van der Waals surface area contributed by atoms with E-state index in [1.165, 1.54) is 13.4 Å². The van der Waals surface area contributed by atoms with Gasteiger partial charge in [0.15, 0.2) is 5.82 Å². The number of nitrogen functional groups attached to an aromatic ring is 1. The van der Waals surface area contributed by atoms with Crippen molar-refractivity contribution in [1.29, 1.82) is 0 Å². The smallest absolute Gasteiger partial charge is 0.337 e. The minimum absolute atomic E-state index is 0.206. The molecule has 0 saturated heterocycles. The number of carbonyl (C=O) groups excluding carboxylic acids is 1. The van der Waals surface area contributed by atoms with E-state index < -0.39 is 5.97 Å². The van der Waals surface area contributed by atoms with E-state index in [1.54, 1.807) is 24.3 Å². The SMILES string of the molecule is COC(=O)c1ccc(Oc2ncnc(NCc3ccccc3Cl)c2N)cc1. The summed E-state index contributed by atoms with van der Waals surface area (Å²) in [4.78, 5) is 19.7. The zero-order chi connectivity index (χ0) is 19.2. The highest BCUT2D eigenvalue weighted by Gasteiger charge is 2.12. The van der Waals surface area contributed by atoms with Crippen molar-refractivity contribution >= 4 is 29.1 Å². The number of aromatic nitrogens is 2. The average Bonchev–Trinajstić information content (AvgIpc) is 2.69. The van der Waals surface area contributed by atoms with Gasteiger partial charge in [-0.1, -0.05) is 29.8 Å². The second kappa shape index (κ2) is 8.37. The molecule has 3 aromatic rings. The summed E-state index contributed by atoms with van der Waals surface area (Å²) >= 11 is 6.15. The summed E-state index contributed by atoms with van der Waals surface area (Å²) in [5.41, 5.74) is 7.71. The molecule has 1 aromatic heterocycles. The van der Waals surface area contributed by atoms with Gasteiger partial charge in [-0.2, -0.15) is 4.98 Å². The zero-order valence-electron chi connectivity index (χ0n) is 14.5. The van der Waals surface area contributed by atoms with E-state index in [1.807, 2.05) is 24.3 Å². The van der Waals surface area contributed by atoms with E-state index in [0.29, 0.717) is 28.7 Å². The Hall–Kier alpha value is -3.32. The third-order valence-electron chi connectivity index (χ3n) is 3.74. The first-order valence-electron chi connectivity index (χ1n) is 8.02. The molecule has 27 heavy (non-hydrogen) atoms. The number of halogens is 1. The van der Waals surface area contributed by atoms with Gasteiger partial charge in [-0.15, -0.1) is 0 Å². The number of rotatable bonds is 6. The van der Waals surface area contributed by atoms with Crippen molar-refractivity contribution < 1.29 is 14.3 Å². The summed E-state index contributed by atoms with van der Waals surface area (Å²) in [6.07, 6.45) is 1.35. The number of ether oxygens (including phenoxy) is 2. The summed E-state index contributed by atoms with van der Waals surface area (Å²) < 4.78 is 10.4. The molecule has 3 N–H and O–H groups in total. The third kappa shape index (κ3) is 4.45. The van der Waals surface area contributed by atoms with Crippen LogP contribution in [0.3, 0.4) is 0 Å². The molecular weight excluding hydrogens is 368 g/mol. The van der Waals surface area contributed by atoms with Crippen LogP contribution in [0.4, 0.5) is 11.5 Å². The lowest BCUT2D eigenvalue weighted by molar-refractivity contribution is 0.0600. The topological polar surface area (TPSA) is 99.4 Å². The molecule has 0 spiro atoms. The lowest BCUT2D eigenvalue weighted by Gasteiger charge is -2.12. The number of hydrogen-bond donors (Lipinski definition) is 2. The van der Waals surface area contributed by atoms with Crippen LogP contribution in [-0.4, -0.2) is 23.0 Å². The number of esters is 1. The first-order valence-corrected chi connectivity index (χ1v) is 8.40. The predicted octanol–water partition coefficient (Wildman–Crippen LogP) is 3.90. The van der Waals surface area contributed by atoms with E-state index in [4.69, 9.17) is 22.1 Å². The van der Waals surface area contributed by atoms with Gasteiger partial charge in [-0.05, 0) is 35.9 Å². The third-order valence-corrected chi connectivity index (χ3v) is 4.11. The second-order valence-corrected chi connectivity index (χ2v) is 5.91. The van der Waals surface area contributed by atoms with Crippen LogP contribution >= 0.6 is 11.6 Å². The molecule has 0 aliphatic rings. The number of carbonyl (C=O) groups is 1. The number of hydrogen-bond acceptors (Lipinski definition) is 7. The molecule has 0 aliphatic carbocycles. The van der Waals surface area contributed by atoms with Crippen LogP contribution < -0.4 is 15.8 Å². The van der Waals surface area contributed by atoms with Crippen LogP contribution in [0, 0.1) is 0 Å². The van der Waals surface area contributed by atoms with Gasteiger partial charge in [-0.3, -0.25) is 0 Å². The number of anilines is 2. The van der Waals surface area contributed by atoms with Gasteiger partial charge in [-0.25, -0.2) is 9.78 Å². The highest BCUT2D eigenvalue weighted by molar-refractivity contribution is 6.31. The molecule has 1 heterocycles. The standard InChI is InChI=1S/C19H17ClN4O3/c1-26-19(25)12-6-8-14(9-7-12)27-18-16(21)17(23-11-24-18)22-10-13-4-2-3-5-15(13)20/h2-9,11H,10,21H2,1H3,(H,22,23,24). The van der Waals surface area contributed by atoms with E-state index in [0.717, 1.165) is 5.56 Å². The molecule has 0 radical (unpaired) electrons. The fourth-order valence-electron chi connectivity index (χ4n) is 2.31. The number of nitrogens with zero attached hydrogens (tertiary/aromatic N) is 2. The number of methoxy groups -OCH3 is 1. The first kappa shape index (κ1) is 18.5. The molecular formula is C19H17ClN4O3. The summed E-state index contributed by atoms with van der Waals surface area (Å²) in [5, 5.41) is 3.78. The summed E-state index contributed by atoms with van der Waals surface area (Å²) in [6.45, 7) is 0.453. The van der Waals surface area contributed by atoms with Crippen LogP contribution in [0.1, 0.15) is 15.9 Å². The second-order valence-electron chi connectivity index (χ2n) is 5.50. The Balaban J connectivity index is 1.73. The Morgan fingerprint density at radius 3 is 2.59 bits per heavy atom. The Morgan fingerprint density at radius 2 is 1.89 bits per heavy atom. The Kier molecular flexibility index (Phi) is 5.73. The molecule has 0 amide bonds. The maximum absolute atomic E-state index is 11.5. The highest BCUT2D eigenvalue weighted by Crippen LogP contribution is 2.30. The van der Waals surface area contributed by atoms with Gasteiger partial charge in [0.2, 0.25) is 5.88 Å². The van der Waals surface area contributed by atoms with Crippen molar-refractivity contribution in [2.24, 2.45) is 0 Å². The maximum atomic E-state index is 11.5. The number of nitrogens with one attached hydrogen (secondary N) is 1. The Morgan fingerprint density at radius 1 is 1.15 bits per heavy atom. The molecule has 2 aromatic carbocycles. The molecule has 7 nitrogen and oxygen atoms in total. The van der Waals surface area contributed by atoms with Gasteiger partial charge < -0.3 is 20.5 Å². The fraction of sp³-hybridized carbons (Fsp3) is 0.105. The Bertz CT molecular complexity index is 948. The minimum Gasteiger partial charge on any atom is -0.465 e. The van der Waals surface area contributed by atoms with Crippen molar-refractivity contribution in [3.8, 4) is 11.6 Å². The van der Waals surface area contributed by atoms with Crippen LogP contribution in [0.5, 0.6) is 11.6 Å². The van der Waals surface area contributed by atoms with E-state index >= 15 is 0 Å². The average molecular weight is 385 g/mol. The zero-order valence-corrected chi connectivity index (χ0v) is 15.2. The number of benzene rings is 2. The van der Waals surface area contributed by atoms with Crippen molar-refractivity contribution in [3.05, 3.63) is 71.0 Å². The highest BCUT2D eigenvalue weighted by atomic mass is 35.5. The van der Waals surface area contributed by atoms with Gasteiger partial charge in [0.05, 0.1) is 12.7 Å². The minimum atomic E-state index is -0.422. The number of nitrogens with two attached hydrogens (primary N) is 1. The van der Waals surface area contributed by atoms with Gasteiger partial charge in [0.25, 0.3) is 0 Å². The monoisotopic (exact) mass is 384 g/mol. The van der Waals surface area contributed by atoms with Crippen molar-refractivity contribution in [2.75, 3.05) is 18.2 Å². The van der Waals surface area contributed by atoms with Crippen molar-refractivity contribution in [2.45, 2.75) is 6.54 Å². The molecule has 138 valence electrons. The van der Waals surface area contributed by atoms with Crippen LogP contribution in [0.15, 0.2) is 54.9 Å². The van der Waals surface area contributed by atoms with Gasteiger partial charge in [0.1, 0.15) is 17.8 Å². The van der Waals surface area contributed by atoms with E-state index in [2.05, 4.69) is 20.0 Å². The van der Waals surface area contributed by atoms with Crippen molar-refractivity contribution in [3.63, 3.8) is 0 Å². The molecule has 0 bridgehead atoms. The van der Waals surface area contributed by atoms with Crippen molar-refractivity contribution in [1.82, 2.24) is 9.97 Å². The van der Waals surface area contributed by atoms with Gasteiger partial charge >= 0.3 is 5.97 Å². The lowest BCUT2D eigenvalue weighted by atomic mass is 10.2. The molecule has 0 atom stereocenters. The van der Waals surface area contributed by atoms with Crippen LogP contribution in [-0.2, 0) is 11.3 Å². The summed E-state index contributed by atoms with van der Waals surface area (Å²) in [6, 6.07) is 13.9. The summed E-state index contributed by atoms with van der Waals surface area (Å²) in [7, 11) is 1.32. The molecule has 0 unspecified atom stereocenters. The molecule has 0 aliphatic heterocycles. The molecule has 0 saturated carbocycles. The predicted molar refractivity (Wildman–Crippen MR) is 103 cm³/mol. The van der Waals surface area contributed by atoms with Gasteiger partial charge in [0, 0.05) is 11.6 Å². The van der Waals surface area contributed by atoms with E-state index in [-0.39, 0.29) is 11.6 Å². The summed E-state index contributed by atoms with van der Waals surface area (Å²) in [5.74, 6) is 0.697. The fourth-order valence-corrected chi connectivity index (χ4v) is 2.51. The molecule has 0 fully saturated rings. The normalized spacial score (nSPS) is 10.3. The maximum Gasteiger partial charge on any atom is 0.337 e. The first-order chi connectivity index (χ1) is 13.1. The largest absolute Gasteiger partial charge is 0.465 e. The van der Waals surface area contributed by atoms with Crippen LogP contribution in [0.2, 0.25) is 5.02 Å². The Labute approximate surface area is 161 Å². The van der Waals surface area contributed by atoms with E-state index in [9.17, 15) is 4.79 Å². The quantitative estimate of drug-likeness (QED) is 0.621. The molecule has 3 rings (SSSR count). The molecule has 8 heteroatoms. The van der Waals surface area contributed by atoms with Crippen LogP contribution in [0.25, 0.3) is 0 Å².